The second kappa shape index (κ2) is 4.97. The first kappa shape index (κ1) is 15.0. The van der Waals surface area contributed by atoms with Gasteiger partial charge in [0.2, 0.25) is 5.91 Å². The summed E-state index contributed by atoms with van der Waals surface area (Å²) in [6.07, 6.45) is 1.90. The van der Waals surface area contributed by atoms with E-state index in [0.29, 0.717) is 6.54 Å². The van der Waals surface area contributed by atoms with Gasteiger partial charge in [0.15, 0.2) is 0 Å². The van der Waals surface area contributed by atoms with Gasteiger partial charge in [0, 0.05) is 24.0 Å². The van der Waals surface area contributed by atoms with E-state index in [9.17, 15) is 4.79 Å². The van der Waals surface area contributed by atoms with Gasteiger partial charge in [-0.2, -0.15) is 0 Å². The maximum atomic E-state index is 12.6. The van der Waals surface area contributed by atoms with E-state index in [-0.39, 0.29) is 12.1 Å². The Hall–Kier alpha value is -2.56. The minimum atomic E-state index is -0.481. The van der Waals surface area contributed by atoms with E-state index in [1.54, 1.807) is 0 Å². The minimum absolute atomic E-state index is 0.00418. The van der Waals surface area contributed by atoms with Crippen molar-refractivity contribution in [2.75, 3.05) is 22.1 Å². The van der Waals surface area contributed by atoms with Crippen molar-refractivity contribution in [1.82, 2.24) is 4.98 Å². The lowest BCUT2D eigenvalue weighted by Gasteiger charge is -2.18. The number of nitrogens with one attached hydrogen (secondary N) is 2. The molecule has 5 heteroatoms. The van der Waals surface area contributed by atoms with Gasteiger partial charge in [0.1, 0.15) is 6.17 Å². The molecule has 4 rings (SSSR count). The molecule has 1 amide bonds. The van der Waals surface area contributed by atoms with E-state index in [2.05, 4.69) is 33.8 Å². The highest BCUT2D eigenvalue weighted by atomic mass is 16.2. The molecule has 0 saturated heterocycles. The van der Waals surface area contributed by atoms with E-state index in [0.717, 1.165) is 33.9 Å². The van der Waals surface area contributed by atoms with E-state index in [1.807, 2.05) is 44.9 Å². The number of fused-ring (bicyclic) bond motifs is 2. The van der Waals surface area contributed by atoms with Crippen molar-refractivity contribution in [3.05, 3.63) is 47.3 Å². The lowest BCUT2D eigenvalue weighted by atomic mass is 9.86. The second-order valence-electron chi connectivity index (χ2n) is 7.04. The number of amides is 1. The Morgan fingerprint density at radius 2 is 1.92 bits per heavy atom. The fraction of sp³-hybridized carbons (Fsp3) is 0.368. The molecule has 2 aliphatic heterocycles. The van der Waals surface area contributed by atoms with Gasteiger partial charge in [-0.15, -0.1) is 0 Å². The molecule has 0 saturated carbocycles. The molecule has 0 spiro atoms. The number of benzene rings is 1. The molecule has 0 fully saturated rings. The lowest BCUT2D eigenvalue weighted by Crippen LogP contribution is -2.35. The first-order valence-corrected chi connectivity index (χ1v) is 8.38. The Labute approximate surface area is 142 Å². The number of hydrogen-bond acceptors (Lipinski definition) is 4. The van der Waals surface area contributed by atoms with Crippen molar-refractivity contribution in [1.29, 1.82) is 0 Å². The Morgan fingerprint density at radius 1 is 1.21 bits per heavy atom. The highest BCUT2D eigenvalue weighted by Crippen LogP contribution is 2.48. The van der Waals surface area contributed by atoms with Crippen molar-refractivity contribution in [2.45, 2.75) is 39.3 Å². The summed E-state index contributed by atoms with van der Waals surface area (Å²) >= 11 is 0. The number of pyridine rings is 1. The van der Waals surface area contributed by atoms with E-state index < -0.39 is 5.41 Å². The van der Waals surface area contributed by atoms with Crippen LogP contribution in [0.15, 0.2) is 30.5 Å². The molecule has 1 aromatic heterocycles. The van der Waals surface area contributed by atoms with Crippen molar-refractivity contribution >= 4 is 23.0 Å². The Kier molecular flexibility index (Phi) is 3.10. The monoisotopic (exact) mass is 322 g/mol. The van der Waals surface area contributed by atoms with Crippen LogP contribution in [0.3, 0.4) is 0 Å². The molecule has 24 heavy (non-hydrogen) atoms. The molecule has 1 atom stereocenters. The van der Waals surface area contributed by atoms with E-state index in [1.165, 1.54) is 0 Å². The smallest absolute Gasteiger partial charge is 0.237 e. The van der Waals surface area contributed by atoms with Crippen molar-refractivity contribution < 1.29 is 4.79 Å². The average molecular weight is 322 g/mol. The molecule has 2 aliphatic rings. The fourth-order valence-electron chi connectivity index (χ4n) is 3.59. The maximum absolute atomic E-state index is 12.6. The van der Waals surface area contributed by atoms with Crippen LogP contribution in [0.2, 0.25) is 0 Å². The van der Waals surface area contributed by atoms with Crippen LogP contribution >= 0.6 is 0 Å². The summed E-state index contributed by atoms with van der Waals surface area (Å²) in [5.74, 6) is 0.169. The standard InChI is InChI=1S/C19H22N4O/c1-5-23-16-9-15-14(8-13(16)19(3,4)18(23)24)21-17(22-15)12-7-6-11(2)20-10-12/h6-10,17,21-22H,5H2,1-4H3. The number of nitrogens with zero attached hydrogens (tertiary/aromatic N) is 2. The number of hydrogen-bond donors (Lipinski definition) is 2. The number of carbonyl (C=O) groups is 1. The first-order valence-electron chi connectivity index (χ1n) is 8.38. The Morgan fingerprint density at radius 3 is 2.54 bits per heavy atom. The molecule has 2 aromatic rings. The summed E-state index contributed by atoms with van der Waals surface area (Å²) in [5.41, 5.74) is 5.80. The summed E-state index contributed by atoms with van der Waals surface area (Å²) in [6.45, 7) is 8.69. The largest absolute Gasteiger partial charge is 0.360 e. The quantitative estimate of drug-likeness (QED) is 0.887. The summed E-state index contributed by atoms with van der Waals surface area (Å²) in [5, 5.41) is 7.00. The number of carbonyl (C=O) groups excluding carboxylic acids is 1. The lowest BCUT2D eigenvalue weighted by molar-refractivity contribution is -0.122. The van der Waals surface area contributed by atoms with Crippen molar-refractivity contribution in [3.8, 4) is 0 Å². The van der Waals surface area contributed by atoms with Crippen LogP contribution < -0.4 is 15.5 Å². The van der Waals surface area contributed by atoms with Gasteiger partial charge in [-0.3, -0.25) is 9.78 Å². The number of anilines is 3. The molecule has 5 nitrogen and oxygen atoms in total. The number of rotatable bonds is 2. The zero-order valence-corrected chi connectivity index (χ0v) is 14.5. The van der Waals surface area contributed by atoms with Gasteiger partial charge >= 0.3 is 0 Å². The van der Waals surface area contributed by atoms with Gasteiger partial charge in [-0.05, 0) is 51.5 Å². The zero-order valence-electron chi connectivity index (χ0n) is 14.5. The molecule has 0 aliphatic carbocycles. The molecule has 1 aromatic carbocycles. The highest BCUT2D eigenvalue weighted by Gasteiger charge is 2.44. The van der Waals surface area contributed by atoms with Crippen LogP contribution in [0.5, 0.6) is 0 Å². The van der Waals surface area contributed by atoms with E-state index in [4.69, 9.17) is 0 Å². The van der Waals surface area contributed by atoms with Crippen LogP contribution in [0.4, 0.5) is 17.1 Å². The first-order chi connectivity index (χ1) is 11.4. The molecule has 2 N–H and O–H groups in total. The van der Waals surface area contributed by atoms with Gasteiger partial charge in [0.25, 0.3) is 0 Å². The summed E-state index contributed by atoms with van der Waals surface area (Å²) < 4.78 is 0. The predicted molar refractivity (Wildman–Crippen MR) is 96.5 cm³/mol. The van der Waals surface area contributed by atoms with Crippen LogP contribution in [-0.2, 0) is 10.2 Å². The molecule has 124 valence electrons. The summed E-state index contributed by atoms with van der Waals surface area (Å²) in [6, 6.07) is 8.31. The average Bonchev–Trinajstić information content (AvgIpc) is 3.05. The summed E-state index contributed by atoms with van der Waals surface area (Å²) in [7, 11) is 0. The van der Waals surface area contributed by atoms with Crippen molar-refractivity contribution in [3.63, 3.8) is 0 Å². The summed E-state index contributed by atoms with van der Waals surface area (Å²) in [4.78, 5) is 18.9. The van der Waals surface area contributed by atoms with Crippen LogP contribution in [0.1, 0.15) is 43.8 Å². The minimum Gasteiger partial charge on any atom is -0.360 e. The third-order valence-corrected chi connectivity index (χ3v) is 5.06. The van der Waals surface area contributed by atoms with Crippen LogP contribution in [-0.4, -0.2) is 17.4 Å². The highest BCUT2D eigenvalue weighted by molar-refractivity contribution is 6.09. The van der Waals surface area contributed by atoms with Gasteiger partial charge < -0.3 is 15.5 Å². The Bertz CT molecular complexity index is 826. The maximum Gasteiger partial charge on any atom is 0.237 e. The number of aryl methyl sites for hydroxylation is 1. The molecule has 3 heterocycles. The molecule has 0 bridgehead atoms. The van der Waals surface area contributed by atoms with Gasteiger partial charge in [-0.1, -0.05) is 6.07 Å². The molecular weight excluding hydrogens is 300 g/mol. The third kappa shape index (κ3) is 2.00. The van der Waals surface area contributed by atoms with Crippen molar-refractivity contribution in [2.24, 2.45) is 0 Å². The Balaban J connectivity index is 1.72. The SMILES string of the molecule is CCN1C(=O)C(C)(C)c2cc3c(cc21)NC(c1ccc(C)nc1)N3. The van der Waals surface area contributed by atoms with Gasteiger partial charge in [0.05, 0.1) is 22.5 Å². The van der Waals surface area contributed by atoms with E-state index >= 15 is 0 Å². The predicted octanol–water partition coefficient (Wildman–Crippen LogP) is 3.57. The molecule has 0 radical (unpaired) electrons. The molecule has 1 unspecified atom stereocenters. The normalized spacial score (nSPS) is 20.4. The zero-order chi connectivity index (χ0) is 17.1. The number of aromatic nitrogens is 1. The topological polar surface area (TPSA) is 57.3 Å². The van der Waals surface area contributed by atoms with Gasteiger partial charge in [-0.25, -0.2) is 0 Å². The molecular formula is C19H22N4O. The van der Waals surface area contributed by atoms with Crippen LogP contribution in [0.25, 0.3) is 0 Å². The third-order valence-electron chi connectivity index (χ3n) is 5.06. The second-order valence-corrected chi connectivity index (χ2v) is 7.04. The van der Waals surface area contributed by atoms with Crippen LogP contribution in [0, 0.1) is 6.92 Å². The number of likely N-dealkylation sites (N-methyl/N-ethyl adjacent to an activating group) is 1. The fourth-order valence-corrected chi connectivity index (χ4v) is 3.59.